The summed E-state index contributed by atoms with van der Waals surface area (Å²) in [6.45, 7) is 6.63. The minimum absolute atomic E-state index is 0.0658. The summed E-state index contributed by atoms with van der Waals surface area (Å²) in [4.78, 5) is 28.4. The molecule has 148 valence electrons. The minimum Gasteiger partial charge on any atom is -0.369 e. The van der Waals surface area contributed by atoms with Crippen LogP contribution < -0.4 is 10.2 Å². The Morgan fingerprint density at radius 2 is 1.64 bits per heavy atom. The molecule has 1 atom stereocenters. The monoisotopic (exact) mass is 419 g/mol. The van der Waals surface area contributed by atoms with Crippen molar-refractivity contribution in [1.82, 2.24) is 4.90 Å². The molecule has 0 aromatic heterocycles. The Morgan fingerprint density at radius 1 is 1.00 bits per heavy atom. The number of amides is 1. The SMILES string of the molecule is CC(=O)c1ccc(N2CCN([C@@H](C)C(=O)Nc3cc(Cl)ccc3Cl)CC2)cc1. The van der Waals surface area contributed by atoms with E-state index in [2.05, 4.69) is 15.1 Å². The molecule has 7 heteroatoms. The Balaban J connectivity index is 1.57. The summed E-state index contributed by atoms with van der Waals surface area (Å²) >= 11 is 12.1. The van der Waals surface area contributed by atoms with E-state index < -0.39 is 0 Å². The highest BCUT2D eigenvalue weighted by Crippen LogP contribution is 2.26. The smallest absolute Gasteiger partial charge is 0.241 e. The number of hydrogen-bond acceptors (Lipinski definition) is 4. The Morgan fingerprint density at radius 3 is 2.25 bits per heavy atom. The molecule has 1 saturated heterocycles. The zero-order valence-corrected chi connectivity index (χ0v) is 17.4. The van der Waals surface area contributed by atoms with Gasteiger partial charge in [-0.2, -0.15) is 0 Å². The third-order valence-corrected chi connectivity index (χ3v) is 5.63. The Kier molecular flexibility index (Phi) is 6.60. The maximum Gasteiger partial charge on any atom is 0.241 e. The van der Waals surface area contributed by atoms with E-state index in [0.29, 0.717) is 21.3 Å². The van der Waals surface area contributed by atoms with Gasteiger partial charge in [-0.3, -0.25) is 14.5 Å². The van der Waals surface area contributed by atoms with Gasteiger partial charge in [0, 0.05) is 42.5 Å². The molecule has 1 heterocycles. The van der Waals surface area contributed by atoms with Crippen molar-refractivity contribution < 1.29 is 9.59 Å². The van der Waals surface area contributed by atoms with Crippen LogP contribution in [0.15, 0.2) is 42.5 Å². The van der Waals surface area contributed by atoms with Crippen LogP contribution in [0.2, 0.25) is 10.0 Å². The predicted octanol–water partition coefficient (Wildman–Crippen LogP) is 4.35. The molecule has 0 spiro atoms. The number of nitrogens with one attached hydrogen (secondary N) is 1. The first kappa shape index (κ1) is 20.6. The van der Waals surface area contributed by atoms with E-state index in [4.69, 9.17) is 23.2 Å². The predicted molar refractivity (Wildman–Crippen MR) is 115 cm³/mol. The van der Waals surface area contributed by atoms with Crippen LogP contribution in [0.5, 0.6) is 0 Å². The number of halogens is 2. The van der Waals surface area contributed by atoms with Crippen molar-refractivity contribution in [3.63, 3.8) is 0 Å². The molecule has 1 fully saturated rings. The van der Waals surface area contributed by atoms with Crippen LogP contribution in [-0.4, -0.2) is 48.8 Å². The number of nitrogens with zero attached hydrogens (tertiary/aromatic N) is 2. The lowest BCUT2D eigenvalue weighted by Crippen LogP contribution is -2.52. The largest absolute Gasteiger partial charge is 0.369 e. The van der Waals surface area contributed by atoms with Gasteiger partial charge in [0.1, 0.15) is 0 Å². The van der Waals surface area contributed by atoms with Gasteiger partial charge in [0.15, 0.2) is 5.78 Å². The zero-order chi connectivity index (χ0) is 20.3. The summed E-state index contributed by atoms with van der Waals surface area (Å²) < 4.78 is 0. The molecular weight excluding hydrogens is 397 g/mol. The summed E-state index contributed by atoms with van der Waals surface area (Å²) in [5.74, 6) is -0.0422. The van der Waals surface area contributed by atoms with Gasteiger partial charge in [0.2, 0.25) is 5.91 Å². The van der Waals surface area contributed by atoms with Gasteiger partial charge in [-0.25, -0.2) is 0 Å². The first-order chi connectivity index (χ1) is 13.3. The topological polar surface area (TPSA) is 52.7 Å². The standard InChI is InChI=1S/C21H23Cl2N3O2/c1-14(21(28)24-20-13-17(22)5-8-19(20)23)25-9-11-26(12-10-25)18-6-3-16(4-7-18)15(2)27/h3-8,13-14H,9-12H2,1-2H3,(H,24,28)/t14-/m0/s1. The lowest BCUT2D eigenvalue weighted by molar-refractivity contribution is -0.120. The van der Waals surface area contributed by atoms with Crippen LogP contribution in [0.3, 0.4) is 0 Å². The van der Waals surface area contributed by atoms with Gasteiger partial charge >= 0.3 is 0 Å². The highest BCUT2D eigenvalue weighted by atomic mass is 35.5. The molecule has 0 bridgehead atoms. The lowest BCUT2D eigenvalue weighted by atomic mass is 10.1. The molecule has 3 rings (SSSR count). The average molecular weight is 420 g/mol. The van der Waals surface area contributed by atoms with Crippen molar-refractivity contribution in [2.24, 2.45) is 0 Å². The van der Waals surface area contributed by atoms with Gasteiger partial charge in [-0.15, -0.1) is 0 Å². The normalized spacial score (nSPS) is 15.9. The van der Waals surface area contributed by atoms with Crippen LogP contribution in [0, 0.1) is 0 Å². The fourth-order valence-corrected chi connectivity index (χ4v) is 3.61. The van der Waals surface area contributed by atoms with Gasteiger partial charge in [0.25, 0.3) is 0 Å². The van der Waals surface area contributed by atoms with Gasteiger partial charge in [0.05, 0.1) is 16.8 Å². The first-order valence-electron chi connectivity index (χ1n) is 9.21. The molecule has 1 amide bonds. The highest BCUT2D eigenvalue weighted by molar-refractivity contribution is 6.35. The molecule has 5 nitrogen and oxygen atoms in total. The number of benzene rings is 2. The molecule has 2 aromatic rings. The first-order valence-corrected chi connectivity index (χ1v) is 9.96. The van der Waals surface area contributed by atoms with E-state index in [1.807, 2.05) is 31.2 Å². The van der Waals surface area contributed by atoms with Gasteiger partial charge in [-0.1, -0.05) is 23.2 Å². The quantitative estimate of drug-likeness (QED) is 0.731. The Labute approximate surface area is 175 Å². The molecule has 0 radical (unpaired) electrons. The maximum atomic E-state index is 12.6. The molecule has 1 aliphatic rings. The summed E-state index contributed by atoms with van der Waals surface area (Å²) in [6.07, 6.45) is 0. The average Bonchev–Trinajstić information content (AvgIpc) is 2.70. The fourth-order valence-electron chi connectivity index (χ4n) is 3.27. The minimum atomic E-state index is -0.280. The molecule has 28 heavy (non-hydrogen) atoms. The van der Waals surface area contributed by atoms with Crippen LogP contribution in [-0.2, 0) is 4.79 Å². The molecule has 0 aliphatic carbocycles. The maximum absolute atomic E-state index is 12.6. The Bertz CT molecular complexity index is 862. The second-order valence-electron chi connectivity index (χ2n) is 6.92. The number of Topliss-reactive ketones (excluding diaryl/α,β-unsaturated/α-hetero) is 1. The van der Waals surface area contributed by atoms with E-state index in [0.717, 1.165) is 31.9 Å². The highest BCUT2D eigenvalue weighted by Gasteiger charge is 2.26. The van der Waals surface area contributed by atoms with E-state index in [1.165, 1.54) is 0 Å². The molecule has 0 unspecified atom stereocenters. The molecular formula is C21H23Cl2N3O2. The summed E-state index contributed by atoms with van der Waals surface area (Å²) in [6, 6.07) is 12.4. The third kappa shape index (κ3) is 4.85. The number of carbonyl (C=O) groups is 2. The number of piperazine rings is 1. The van der Waals surface area contributed by atoms with Crippen molar-refractivity contribution in [3.8, 4) is 0 Å². The van der Waals surface area contributed by atoms with Gasteiger partial charge < -0.3 is 10.2 Å². The fraction of sp³-hybridized carbons (Fsp3) is 0.333. The number of carbonyl (C=O) groups excluding carboxylic acids is 2. The van der Waals surface area contributed by atoms with Crippen LogP contribution in [0.1, 0.15) is 24.2 Å². The van der Waals surface area contributed by atoms with Crippen LogP contribution in [0.25, 0.3) is 0 Å². The second-order valence-corrected chi connectivity index (χ2v) is 7.76. The number of ketones is 1. The zero-order valence-electron chi connectivity index (χ0n) is 15.9. The van der Waals surface area contributed by atoms with Crippen molar-refractivity contribution in [2.45, 2.75) is 19.9 Å². The molecule has 1 aliphatic heterocycles. The van der Waals surface area contributed by atoms with E-state index in [9.17, 15) is 9.59 Å². The summed E-state index contributed by atoms with van der Waals surface area (Å²) in [5.41, 5.74) is 2.33. The number of anilines is 2. The summed E-state index contributed by atoms with van der Waals surface area (Å²) in [7, 11) is 0. The Hall–Kier alpha value is -2.08. The van der Waals surface area contributed by atoms with Gasteiger partial charge in [-0.05, 0) is 56.3 Å². The molecule has 1 N–H and O–H groups in total. The third-order valence-electron chi connectivity index (χ3n) is 5.07. The molecule has 0 saturated carbocycles. The summed E-state index contributed by atoms with van der Waals surface area (Å²) in [5, 5.41) is 3.85. The van der Waals surface area contributed by atoms with Crippen LogP contribution >= 0.6 is 23.2 Å². The van der Waals surface area contributed by atoms with Crippen molar-refractivity contribution in [3.05, 3.63) is 58.1 Å². The van der Waals surface area contributed by atoms with Crippen molar-refractivity contribution >= 4 is 46.3 Å². The van der Waals surface area contributed by atoms with E-state index >= 15 is 0 Å². The lowest BCUT2D eigenvalue weighted by Gasteiger charge is -2.38. The van der Waals surface area contributed by atoms with E-state index in [-0.39, 0.29) is 17.7 Å². The number of rotatable bonds is 5. The van der Waals surface area contributed by atoms with E-state index in [1.54, 1.807) is 25.1 Å². The van der Waals surface area contributed by atoms with Crippen molar-refractivity contribution in [2.75, 3.05) is 36.4 Å². The molecule has 2 aromatic carbocycles. The van der Waals surface area contributed by atoms with Crippen LogP contribution in [0.4, 0.5) is 11.4 Å². The number of hydrogen-bond donors (Lipinski definition) is 1. The van der Waals surface area contributed by atoms with Crippen molar-refractivity contribution in [1.29, 1.82) is 0 Å². The second kappa shape index (κ2) is 8.95.